The molecule has 1 amide bonds. The van der Waals surface area contributed by atoms with Crippen molar-refractivity contribution >= 4 is 17.7 Å². The Kier molecular flexibility index (Phi) is 5.68. The van der Waals surface area contributed by atoms with E-state index in [-0.39, 0.29) is 5.91 Å². The fourth-order valence-electron chi connectivity index (χ4n) is 2.89. The van der Waals surface area contributed by atoms with Gasteiger partial charge in [-0.3, -0.25) is 4.79 Å². The predicted molar refractivity (Wildman–Crippen MR) is 100 cm³/mol. The second kappa shape index (κ2) is 7.95. The number of ether oxygens (including phenoxy) is 1. The average molecular weight is 359 g/mol. The van der Waals surface area contributed by atoms with Crippen molar-refractivity contribution in [3.05, 3.63) is 41.2 Å². The summed E-state index contributed by atoms with van der Waals surface area (Å²) in [5.74, 6) is 1.30. The highest BCUT2D eigenvalue weighted by molar-refractivity contribution is 7.99. The first-order valence-electron chi connectivity index (χ1n) is 8.67. The highest BCUT2D eigenvalue weighted by atomic mass is 32.2. The van der Waals surface area contributed by atoms with Crippen LogP contribution in [-0.4, -0.2) is 34.9 Å². The SMILES string of the molecule is COc1ccccc1CCNC(=O)CSc1nc(C)c(C)n1C1CC1. The van der Waals surface area contributed by atoms with E-state index in [0.717, 1.165) is 28.6 Å². The van der Waals surface area contributed by atoms with Crippen molar-refractivity contribution < 1.29 is 9.53 Å². The summed E-state index contributed by atoms with van der Waals surface area (Å²) >= 11 is 1.53. The van der Waals surface area contributed by atoms with E-state index in [1.165, 1.54) is 30.3 Å². The van der Waals surface area contributed by atoms with Crippen LogP contribution < -0.4 is 10.1 Å². The van der Waals surface area contributed by atoms with Crippen LogP contribution in [0.3, 0.4) is 0 Å². The van der Waals surface area contributed by atoms with E-state index in [4.69, 9.17) is 4.74 Å². The Bertz CT molecular complexity index is 753. The van der Waals surface area contributed by atoms with Gasteiger partial charge < -0.3 is 14.6 Å². The summed E-state index contributed by atoms with van der Waals surface area (Å²) in [4.78, 5) is 16.8. The molecule has 25 heavy (non-hydrogen) atoms. The summed E-state index contributed by atoms with van der Waals surface area (Å²) in [6.45, 7) is 4.75. The normalized spacial score (nSPS) is 13.7. The highest BCUT2D eigenvalue weighted by Gasteiger charge is 2.28. The molecule has 0 saturated heterocycles. The summed E-state index contributed by atoms with van der Waals surface area (Å²) in [6.07, 6.45) is 3.19. The molecule has 0 unspecified atom stereocenters. The molecule has 1 saturated carbocycles. The molecule has 3 rings (SSSR count). The molecule has 1 N–H and O–H groups in total. The average Bonchev–Trinajstić information content (AvgIpc) is 3.40. The van der Waals surface area contributed by atoms with Gasteiger partial charge in [0.1, 0.15) is 5.75 Å². The minimum atomic E-state index is 0.0422. The van der Waals surface area contributed by atoms with Gasteiger partial charge in [-0.05, 0) is 44.7 Å². The predicted octanol–water partition coefficient (Wildman–Crippen LogP) is 3.29. The number of methoxy groups -OCH3 is 1. The van der Waals surface area contributed by atoms with E-state index in [1.807, 2.05) is 31.2 Å². The van der Waals surface area contributed by atoms with Gasteiger partial charge in [0.25, 0.3) is 0 Å². The summed E-state index contributed by atoms with van der Waals surface area (Å²) < 4.78 is 7.63. The molecule has 1 heterocycles. The number of nitrogens with zero attached hydrogens (tertiary/aromatic N) is 2. The Labute approximate surface area is 153 Å². The summed E-state index contributed by atoms with van der Waals surface area (Å²) in [7, 11) is 1.67. The number of benzene rings is 1. The molecule has 1 aromatic carbocycles. The van der Waals surface area contributed by atoms with E-state index in [0.29, 0.717) is 18.3 Å². The van der Waals surface area contributed by atoms with Gasteiger partial charge in [0.15, 0.2) is 5.16 Å². The number of rotatable bonds is 8. The van der Waals surface area contributed by atoms with Crippen molar-refractivity contribution in [3.63, 3.8) is 0 Å². The number of hydrogen-bond acceptors (Lipinski definition) is 4. The van der Waals surface area contributed by atoms with Crippen LogP contribution in [-0.2, 0) is 11.2 Å². The van der Waals surface area contributed by atoms with Crippen molar-refractivity contribution in [2.75, 3.05) is 19.4 Å². The zero-order chi connectivity index (χ0) is 17.8. The number of amides is 1. The van der Waals surface area contributed by atoms with Gasteiger partial charge in [0.05, 0.1) is 18.6 Å². The van der Waals surface area contributed by atoms with E-state index < -0.39 is 0 Å². The van der Waals surface area contributed by atoms with Crippen LogP contribution in [0.2, 0.25) is 0 Å². The summed E-state index contributed by atoms with van der Waals surface area (Å²) in [6, 6.07) is 8.48. The molecule has 134 valence electrons. The molecular weight excluding hydrogens is 334 g/mol. The van der Waals surface area contributed by atoms with Crippen LogP contribution in [0.4, 0.5) is 0 Å². The molecule has 1 aliphatic carbocycles. The number of carbonyl (C=O) groups excluding carboxylic acids is 1. The van der Waals surface area contributed by atoms with Gasteiger partial charge in [-0.1, -0.05) is 30.0 Å². The zero-order valence-electron chi connectivity index (χ0n) is 15.0. The first-order valence-corrected chi connectivity index (χ1v) is 9.65. The molecule has 2 aromatic rings. The largest absolute Gasteiger partial charge is 0.496 e. The third-order valence-corrected chi connectivity index (χ3v) is 5.46. The zero-order valence-corrected chi connectivity index (χ0v) is 15.9. The van der Waals surface area contributed by atoms with Crippen molar-refractivity contribution in [3.8, 4) is 5.75 Å². The lowest BCUT2D eigenvalue weighted by molar-refractivity contribution is -0.118. The molecule has 6 heteroatoms. The number of aromatic nitrogens is 2. The summed E-state index contributed by atoms with van der Waals surface area (Å²) in [5.41, 5.74) is 3.39. The van der Waals surface area contributed by atoms with Gasteiger partial charge >= 0.3 is 0 Å². The van der Waals surface area contributed by atoms with E-state index in [9.17, 15) is 4.79 Å². The number of carbonyl (C=O) groups is 1. The Hall–Kier alpha value is -1.95. The topological polar surface area (TPSA) is 56.1 Å². The molecule has 1 fully saturated rings. The second-order valence-corrected chi connectivity index (χ2v) is 7.31. The van der Waals surface area contributed by atoms with Crippen LogP contribution in [0.15, 0.2) is 29.4 Å². The molecule has 0 aliphatic heterocycles. The Morgan fingerprint density at radius 1 is 1.36 bits per heavy atom. The molecule has 0 spiro atoms. The first-order chi connectivity index (χ1) is 12.1. The molecule has 1 aliphatic rings. The van der Waals surface area contributed by atoms with Crippen LogP contribution >= 0.6 is 11.8 Å². The monoisotopic (exact) mass is 359 g/mol. The standard InChI is InChI=1S/C19H25N3O2S/c1-13-14(2)22(16-8-9-16)19(21-13)25-12-18(23)20-11-10-15-6-4-5-7-17(15)24-3/h4-7,16H,8-12H2,1-3H3,(H,20,23). The van der Waals surface area contributed by atoms with Gasteiger partial charge in [0, 0.05) is 18.3 Å². The van der Waals surface area contributed by atoms with Gasteiger partial charge in [-0.15, -0.1) is 0 Å². The number of thioether (sulfide) groups is 1. The molecule has 0 bridgehead atoms. The third-order valence-electron chi connectivity index (χ3n) is 4.51. The quantitative estimate of drug-likeness (QED) is 0.735. The van der Waals surface area contributed by atoms with Gasteiger partial charge in [-0.25, -0.2) is 4.98 Å². The van der Waals surface area contributed by atoms with Gasteiger partial charge in [-0.2, -0.15) is 0 Å². The smallest absolute Gasteiger partial charge is 0.230 e. The lowest BCUT2D eigenvalue weighted by atomic mass is 10.1. The maximum absolute atomic E-state index is 12.1. The lowest BCUT2D eigenvalue weighted by Crippen LogP contribution is -2.27. The number of nitrogens with one attached hydrogen (secondary N) is 1. The molecule has 0 atom stereocenters. The van der Waals surface area contributed by atoms with Crippen molar-refractivity contribution in [1.82, 2.24) is 14.9 Å². The summed E-state index contributed by atoms with van der Waals surface area (Å²) in [5, 5.41) is 3.96. The molecule has 0 radical (unpaired) electrons. The Balaban J connectivity index is 1.48. The molecule has 5 nitrogen and oxygen atoms in total. The Morgan fingerprint density at radius 3 is 2.84 bits per heavy atom. The van der Waals surface area contributed by atoms with Crippen LogP contribution in [0.25, 0.3) is 0 Å². The number of aryl methyl sites for hydroxylation is 1. The highest BCUT2D eigenvalue weighted by Crippen LogP contribution is 2.39. The van der Waals surface area contributed by atoms with E-state index in [2.05, 4.69) is 21.8 Å². The maximum Gasteiger partial charge on any atom is 0.230 e. The van der Waals surface area contributed by atoms with E-state index >= 15 is 0 Å². The van der Waals surface area contributed by atoms with E-state index in [1.54, 1.807) is 7.11 Å². The number of para-hydroxylation sites is 1. The first kappa shape index (κ1) is 17.9. The van der Waals surface area contributed by atoms with Crippen LogP contribution in [0, 0.1) is 13.8 Å². The van der Waals surface area contributed by atoms with Crippen LogP contribution in [0.5, 0.6) is 5.75 Å². The van der Waals surface area contributed by atoms with Gasteiger partial charge in [0.2, 0.25) is 5.91 Å². The minimum Gasteiger partial charge on any atom is -0.496 e. The fourth-order valence-corrected chi connectivity index (χ4v) is 3.88. The molecule has 1 aromatic heterocycles. The van der Waals surface area contributed by atoms with Crippen LogP contribution in [0.1, 0.15) is 35.8 Å². The minimum absolute atomic E-state index is 0.0422. The number of hydrogen-bond donors (Lipinski definition) is 1. The van der Waals surface area contributed by atoms with Crippen molar-refractivity contribution in [2.24, 2.45) is 0 Å². The third kappa shape index (κ3) is 4.37. The molecular formula is C19H25N3O2S. The second-order valence-electron chi connectivity index (χ2n) is 6.37. The van der Waals surface area contributed by atoms with Crippen molar-refractivity contribution in [1.29, 1.82) is 0 Å². The lowest BCUT2D eigenvalue weighted by Gasteiger charge is -2.10. The van der Waals surface area contributed by atoms with Crippen molar-refractivity contribution in [2.45, 2.75) is 44.3 Å². The number of imidazole rings is 1. The maximum atomic E-state index is 12.1. The fraction of sp³-hybridized carbons (Fsp3) is 0.474. The Morgan fingerprint density at radius 2 is 2.12 bits per heavy atom.